The van der Waals surface area contributed by atoms with Crippen LogP contribution in [0.5, 0.6) is 0 Å². The number of oxime groups is 1. The lowest BCUT2D eigenvalue weighted by molar-refractivity contribution is 0.0952. The van der Waals surface area contributed by atoms with Crippen LogP contribution < -0.4 is 0 Å². The van der Waals surface area contributed by atoms with E-state index in [0.717, 1.165) is 26.2 Å². The Balaban J connectivity index is 3.68. The van der Waals surface area contributed by atoms with Gasteiger partial charge in [0.2, 0.25) is 0 Å². The molecule has 16 heavy (non-hydrogen) atoms. The Kier molecular flexibility index (Phi) is 9.78. The van der Waals surface area contributed by atoms with Crippen molar-refractivity contribution in [2.24, 2.45) is 5.16 Å². The molecule has 0 aromatic heterocycles. The standard InChI is InChI=1S/C12H22N2O2/c1-5-7-12(3)13-16-11-9-14(6-2)8-10-15-4/h6,8-11H2,1-4H3/b13-12-. The first-order valence-electron chi connectivity index (χ1n) is 5.55. The third-order valence-corrected chi connectivity index (χ3v) is 2.07. The third kappa shape index (κ3) is 8.27. The van der Waals surface area contributed by atoms with Gasteiger partial charge in [0, 0.05) is 20.2 Å². The summed E-state index contributed by atoms with van der Waals surface area (Å²) in [4.78, 5) is 7.41. The first-order chi connectivity index (χ1) is 7.74. The van der Waals surface area contributed by atoms with Crippen LogP contribution in [0.15, 0.2) is 5.16 Å². The van der Waals surface area contributed by atoms with Crippen molar-refractivity contribution in [3.63, 3.8) is 0 Å². The topological polar surface area (TPSA) is 34.1 Å². The summed E-state index contributed by atoms with van der Waals surface area (Å²) in [6.07, 6.45) is 0. The molecule has 0 unspecified atom stereocenters. The van der Waals surface area contributed by atoms with E-state index < -0.39 is 0 Å². The van der Waals surface area contributed by atoms with E-state index in [0.29, 0.717) is 12.3 Å². The van der Waals surface area contributed by atoms with Crippen molar-refractivity contribution in [1.82, 2.24) is 4.90 Å². The number of hydrogen-bond acceptors (Lipinski definition) is 4. The van der Waals surface area contributed by atoms with Crippen molar-refractivity contribution in [1.29, 1.82) is 0 Å². The molecule has 0 aliphatic carbocycles. The molecule has 0 N–H and O–H groups in total. The van der Waals surface area contributed by atoms with Gasteiger partial charge in [-0.25, -0.2) is 0 Å². The number of ether oxygens (including phenoxy) is 1. The molecule has 0 saturated carbocycles. The molecular formula is C12H22N2O2. The first-order valence-corrected chi connectivity index (χ1v) is 5.55. The average Bonchev–Trinajstić information content (AvgIpc) is 2.28. The van der Waals surface area contributed by atoms with E-state index in [1.54, 1.807) is 14.0 Å². The molecular weight excluding hydrogens is 204 g/mol. The molecule has 4 nitrogen and oxygen atoms in total. The third-order valence-electron chi connectivity index (χ3n) is 2.07. The Hall–Kier alpha value is -1.05. The maximum Gasteiger partial charge on any atom is 0.129 e. The van der Waals surface area contributed by atoms with E-state index >= 15 is 0 Å². The van der Waals surface area contributed by atoms with Crippen molar-refractivity contribution >= 4 is 5.71 Å². The fraction of sp³-hybridized carbons (Fsp3) is 0.750. The molecule has 0 bridgehead atoms. The number of hydrogen-bond donors (Lipinski definition) is 0. The van der Waals surface area contributed by atoms with Gasteiger partial charge in [0.1, 0.15) is 12.3 Å². The van der Waals surface area contributed by atoms with Crippen LogP contribution in [0.3, 0.4) is 0 Å². The van der Waals surface area contributed by atoms with Crippen molar-refractivity contribution in [3.8, 4) is 11.8 Å². The highest BCUT2D eigenvalue weighted by Crippen LogP contribution is 1.89. The highest BCUT2D eigenvalue weighted by molar-refractivity contribution is 5.97. The second-order valence-corrected chi connectivity index (χ2v) is 3.31. The minimum Gasteiger partial charge on any atom is -0.394 e. The lowest BCUT2D eigenvalue weighted by Crippen LogP contribution is -2.30. The Labute approximate surface area is 98.6 Å². The molecule has 4 heteroatoms. The number of nitrogens with zero attached hydrogens (tertiary/aromatic N) is 2. The van der Waals surface area contributed by atoms with Crippen LogP contribution in [0.1, 0.15) is 20.8 Å². The van der Waals surface area contributed by atoms with Crippen LogP contribution in [0, 0.1) is 11.8 Å². The maximum absolute atomic E-state index is 5.16. The largest absolute Gasteiger partial charge is 0.394 e. The molecule has 0 heterocycles. The molecule has 0 radical (unpaired) electrons. The van der Waals surface area contributed by atoms with Gasteiger partial charge in [0.15, 0.2) is 0 Å². The second kappa shape index (κ2) is 10.5. The Bertz CT molecular complexity index is 253. The van der Waals surface area contributed by atoms with Gasteiger partial charge in [-0.3, -0.25) is 4.90 Å². The smallest absolute Gasteiger partial charge is 0.129 e. The molecule has 0 rings (SSSR count). The zero-order valence-electron chi connectivity index (χ0n) is 10.7. The van der Waals surface area contributed by atoms with Crippen LogP contribution >= 0.6 is 0 Å². The molecule has 0 spiro atoms. The zero-order chi connectivity index (χ0) is 12.2. The van der Waals surface area contributed by atoms with E-state index in [2.05, 4.69) is 28.8 Å². The van der Waals surface area contributed by atoms with Gasteiger partial charge in [-0.15, -0.1) is 0 Å². The monoisotopic (exact) mass is 226 g/mol. The van der Waals surface area contributed by atoms with Gasteiger partial charge >= 0.3 is 0 Å². The summed E-state index contributed by atoms with van der Waals surface area (Å²) in [5.41, 5.74) is 0.711. The summed E-state index contributed by atoms with van der Waals surface area (Å²) in [5, 5.41) is 3.89. The van der Waals surface area contributed by atoms with E-state index in [9.17, 15) is 0 Å². The normalized spacial score (nSPS) is 11.2. The molecule has 0 aliphatic heterocycles. The predicted molar refractivity (Wildman–Crippen MR) is 66.5 cm³/mol. The van der Waals surface area contributed by atoms with Crippen molar-refractivity contribution in [2.45, 2.75) is 20.8 Å². The Morgan fingerprint density at radius 3 is 2.56 bits per heavy atom. The lowest BCUT2D eigenvalue weighted by Gasteiger charge is -2.18. The van der Waals surface area contributed by atoms with Gasteiger partial charge in [-0.2, -0.15) is 0 Å². The van der Waals surface area contributed by atoms with Crippen LogP contribution in [0.4, 0.5) is 0 Å². The average molecular weight is 226 g/mol. The molecule has 92 valence electrons. The van der Waals surface area contributed by atoms with Gasteiger partial charge < -0.3 is 9.57 Å². The summed E-state index contributed by atoms with van der Waals surface area (Å²) in [6.45, 7) is 9.83. The van der Waals surface area contributed by atoms with Gasteiger partial charge in [0.05, 0.1) is 6.61 Å². The van der Waals surface area contributed by atoms with Crippen molar-refractivity contribution in [3.05, 3.63) is 0 Å². The minimum absolute atomic E-state index is 0.584. The molecule has 0 amide bonds. The fourth-order valence-corrected chi connectivity index (χ4v) is 1.16. The van der Waals surface area contributed by atoms with Crippen molar-refractivity contribution in [2.75, 3.05) is 40.0 Å². The predicted octanol–water partition coefficient (Wildman–Crippen LogP) is 1.37. The maximum atomic E-state index is 5.16. The molecule has 0 aliphatic rings. The summed E-state index contributed by atoms with van der Waals surface area (Å²) in [7, 11) is 1.71. The summed E-state index contributed by atoms with van der Waals surface area (Å²) in [6, 6.07) is 0. The van der Waals surface area contributed by atoms with Crippen LogP contribution in [-0.4, -0.2) is 50.6 Å². The summed E-state index contributed by atoms with van der Waals surface area (Å²) >= 11 is 0. The Morgan fingerprint density at radius 1 is 1.31 bits per heavy atom. The molecule has 0 aromatic rings. The second-order valence-electron chi connectivity index (χ2n) is 3.31. The highest BCUT2D eigenvalue weighted by Gasteiger charge is 2.01. The Morgan fingerprint density at radius 2 is 2.00 bits per heavy atom. The SMILES string of the molecule is CC#C/C(C)=N\OCCN(CC)CCOC. The molecule has 0 atom stereocenters. The lowest BCUT2D eigenvalue weighted by atomic mass is 10.4. The number of rotatable bonds is 8. The minimum atomic E-state index is 0.584. The van der Waals surface area contributed by atoms with Gasteiger partial charge in [0.25, 0.3) is 0 Å². The number of methoxy groups -OCH3 is 1. The fourth-order valence-electron chi connectivity index (χ4n) is 1.16. The van der Waals surface area contributed by atoms with Crippen molar-refractivity contribution < 1.29 is 9.57 Å². The summed E-state index contributed by atoms with van der Waals surface area (Å²) in [5.74, 6) is 5.59. The highest BCUT2D eigenvalue weighted by atomic mass is 16.6. The molecule has 0 saturated heterocycles. The molecule has 0 aromatic carbocycles. The van der Waals surface area contributed by atoms with E-state index in [4.69, 9.17) is 9.57 Å². The quantitative estimate of drug-likeness (QED) is 0.271. The van der Waals surface area contributed by atoms with Crippen LogP contribution in [0.25, 0.3) is 0 Å². The van der Waals surface area contributed by atoms with Gasteiger partial charge in [-0.1, -0.05) is 18.0 Å². The summed E-state index contributed by atoms with van der Waals surface area (Å²) < 4.78 is 5.02. The van der Waals surface area contributed by atoms with E-state index in [1.807, 2.05) is 6.92 Å². The zero-order valence-corrected chi connectivity index (χ0v) is 10.7. The number of likely N-dealkylation sites (N-methyl/N-ethyl adjacent to an activating group) is 1. The van der Waals surface area contributed by atoms with Gasteiger partial charge in [-0.05, 0) is 26.3 Å². The van der Waals surface area contributed by atoms with E-state index in [-0.39, 0.29) is 0 Å². The first kappa shape index (κ1) is 14.9. The molecule has 0 fully saturated rings. The van der Waals surface area contributed by atoms with Crippen LogP contribution in [0.2, 0.25) is 0 Å². The van der Waals surface area contributed by atoms with Crippen LogP contribution in [-0.2, 0) is 9.57 Å². The van der Waals surface area contributed by atoms with E-state index in [1.165, 1.54) is 0 Å².